The van der Waals surface area contributed by atoms with Crippen LogP contribution in [0.1, 0.15) is 26.7 Å². The molecule has 0 fully saturated rings. The molecule has 18 heavy (non-hydrogen) atoms. The summed E-state index contributed by atoms with van der Waals surface area (Å²) in [5.74, 6) is -0.466. The Kier molecular flexibility index (Phi) is 3.09. The van der Waals surface area contributed by atoms with Crippen LogP contribution in [0.25, 0.3) is 5.65 Å². The third-order valence-corrected chi connectivity index (χ3v) is 3.05. The van der Waals surface area contributed by atoms with Gasteiger partial charge in [0, 0.05) is 0 Å². The molecule has 2 aromatic heterocycles. The van der Waals surface area contributed by atoms with Gasteiger partial charge in [0.2, 0.25) is 0 Å². The minimum absolute atomic E-state index is 0.431. The predicted octanol–water partition coefficient (Wildman–Crippen LogP) is 0.575. The summed E-state index contributed by atoms with van der Waals surface area (Å²) in [7, 11) is 0. The van der Waals surface area contributed by atoms with Gasteiger partial charge in [0.1, 0.15) is 11.4 Å². The first-order chi connectivity index (χ1) is 8.61. The van der Waals surface area contributed by atoms with Crippen molar-refractivity contribution in [1.82, 2.24) is 25.3 Å². The Morgan fingerprint density at radius 2 is 2.17 bits per heavy atom. The number of rotatable bonds is 5. The fraction of sp³-hybridized carbons (Fsp3) is 0.500. The number of aliphatic carboxylic acids is 1. The zero-order valence-corrected chi connectivity index (χ0v) is 10.2. The SMILES string of the molecule is CCC(CC)(Nc1ccc2nnnn2n1)C(=O)O. The molecule has 0 bridgehead atoms. The highest BCUT2D eigenvalue weighted by atomic mass is 16.4. The van der Waals surface area contributed by atoms with E-state index in [0.717, 1.165) is 0 Å². The molecule has 0 saturated carbocycles. The number of hydrogen-bond acceptors (Lipinski definition) is 6. The quantitative estimate of drug-likeness (QED) is 0.799. The van der Waals surface area contributed by atoms with E-state index < -0.39 is 11.5 Å². The van der Waals surface area contributed by atoms with E-state index in [9.17, 15) is 9.90 Å². The number of anilines is 1. The van der Waals surface area contributed by atoms with Crippen LogP contribution in [0.2, 0.25) is 0 Å². The van der Waals surface area contributed by atoms with Gasteiger partial charge in [0.05, 0.1) is 0 Å². The molecule has 8 nitrogen and oxygen atoms in total. The average Bonchev–Trinajstić information content (AvgIpc) is 2.83. The summed E-state index contributed by atoms with van der Waals surface area (Å²) in [6.07, 6.45) is 0.905. The van der Waals surface area contributed by atoms with Crippen molar-refractivity contribution in [3.05, 3.63) is 12.1 Å². The first-order valence-corrected chi connectivity index (χ1v) is 5.68. The van der Waals surface area contributed by atoms with Gasteiger partial charge in [-0.25, -0.2) is 4.79 Å². The summed E-state index contributed by atoms with van der Waals surface area (Å²) < 4.78 is 1.25. The standard InChI is InChI=1S/C10H14N6O2/c1-3-10(4-2,9(17)18)11-7-5-6-8-12-14-15-16(8)13-7/h5-6H,3-4H2,1-2H3,(H,11,13)(H,17,18). The summed E-state index contributed by atoms with van der Waals surface area (Å²) in [6, 6.07) is 3.34. The van der Waals surface area contributed by atoms with Crippen molar-refractivity contribution in [2.75, 3.05) is 5.32 Å². The Morgan fingerprint density at radius 1 is 1.44 bits per heavy atom. The Labute approximate surface area is 103 Å². The topological polar surface area (TPSA) is 105 Å². The highest BCUT2D eigenvalue weighted by Gasteiger charge is 2.35. The molecule has 2 aromatic rings. The lowest BCUT2D eigenvalue weighted by molar-refractivity contribution is -0.142. The Bertz CT molecular complexity index is 562. The summed E-state index contributed by atoms with van der Waals surface area (Å²) in [5, 5.41) is 27.2. The van der Waals surface area contributed by atoms with E-state index in [2.05, 4.69) is 25.9 Å². The third kappa shape index (κ3) is 1.96. The van der Waals surface area contributed by atoms with Crippen LogP contribution in [0.3, 0.4) is 0 Å². The summed E-state index contributed by atoms with van der Waals surface area (Å²) in [6.45, 7) is 3.64. The zero-order valence-electron chi connectivity index (χ0n) is 10.2. The van der Waals surface area contributed by atoms with Gasteiger partial charge >= 0.3 is 5.97 Å². The van der Waals surface area contributed by atoms with Gasteiger partial charge < -0.3 is 10.4 Å². The molecular formula is C10H14N6O2. The number of carboxylic acid groups (broad SMARTS) is 1. The lowest BCUT2D eigenvalue weighted by atomic mass is 9.93. The van der Waals surface area contributed by atoms with Crippen molar-refractivity contribution in [1.29, 1.82) is 0 Å². The van der Waals surface area contributed by atoms with Crippen molar-refractivity contribution < 1.29 is 9.90 Å². The molecule has 2 rings (SSSR count). The average molecular weight is 250 g/mol. The predicted molar refractivity (Wildman–Crippen MR) is 63.1 cm³/mol. The molecule has 0 aliphatic rings. The van der Waals surface area contributed by atoms with E-state index in [4.69, 9.17) is 0 Å². The Balaban J connectivity index is 2.33. The molecule has 0 aliphatic heterocycles. The number of fused-ring (bicyclic) bond motifs is 1. The monoisotopic (exact) mass is 250 g/mol. The number of nitrogens with zero attached hydrogens (tertiary/aromatic N) is 5. The van der Waals surface area contributed by atoms with Gasteiger partial charge in [-0.3, -0.25) is 0 Å². The lowest BCUT2D eigenvalue weighted by Gasteiger charge is -2.28. The van der Waals surface area contributed by atoms with E-state index in [1.807, 2.05) is 13.8 Å². The van der Waals surface area contributed by atoms with Crippen LogP contribution < -0.4 is 5.32 Å². The molecule has 0 amide bonds. The highest BCUT2D eigenvalue weighted by molar-refractivity contribution is 5.82. The molecule has 0 atom stereocenters. The van der Waals surface area contributed by atoms with Crippen molar-refractivity contribution >= 4 is 17.4 Å². The molecule has 0 aromatic carbocycles. The van der Waals surface area contributed by atoms with Crippen LogP contribution in [0.5, 0.6) is 0 Å². The van der Waals surface area contributed by atoms with Gasteiger partial charge in [-0.15, -0.1) is 14.8 Å². The van der Waals surface area contributed by atoms with Crippen LogP contribution in [0.4, 0.5) is 5.82 Å². The van der Waals surface area contributed by atoms with Gasteiger partial charge in [-0.2, -0.15) is 0 Å². The second kappa shape index (κ2) is 4.55. The molecule has 0 unspecified atom stereocenters. The largest absolute Gasteiger partial charge is 0.480 e. The fourth-order valence-electron chi connectivity index (χ4n) is 1.74. The number of tetrazole rings is 1. The number of carboxylic acids is 1. The maximum atomic E-state index is 11.4. The third-order valence-electron chi connectivity index (χ3n) is 3.05. The molecule has 2 heterocycles. The number of aromatic nitrogens is 5. The Morgan fingerprint density at radius 3 is 2.78 bits per heavy atom. The van der Waals surface area contributed by atoms with Crippen molar-refractivity contribution in [3.8, 4) is 0 Å². The second-order valence-electron chi connectivity index (χ2n) is 3.96. The highest BCUT2D eigenvalue weighted by Crippen LogP contribution is 2.21. The van der Waals surface area contributed by atoms with Crippen LogP contribution >= 0.6 is 0 Å². The molecule has 96 valence electrons. The van der Waals surface area contributed by atoms with Gasteiger partial charge in [-0.05, 0) is 35.4 Å². The molecule has 0 saturated heterocycles. The first-order valence-electron chi connectivity index (χ1n) is 5.68. The van der Waals surface area contributed by atoms with Crippen LogP contribution in [-0.4, -0.2) is 41.9 Å². The van der Waals surface area contributed by atoms with Crippen molar-refractivity contribution in [2.24, 2.45) is 0 Å². The van der Waals surface area contributed by atoms with Gasteiger partial charge in [0.25, 0.3) is 0 Å². The van der Waals surface area contributed by atoms with Crippen LogP contribution in [0, 0.1) is 0 Å². The minimum Gasteiger partial charge on any atom is -0.480 e. The van der Waals surface area contributed by atoms with E-state index in [0.29, 0.717) is 24.3 Å². The van der Waals surface area contributed by atoms with Gasteiger partial charge in [-0.1, -0.05) is 13.8 Å². The number of nitrogens with one attached hydrogen (secondary N) is 1. The maximum Gasteiger partial charge on any atom is 0.329 e. The van der Waals surface area contributed by atoms with Crippen molar-refractivity contribution in [3.63, 3.8) is 0 Å². The molecule has 0 aliphatic carbocycles. The van der Waals surface area contributed by atoms with Crippen molar-refractivity contribution in [2.45, 2.75) is 32.2 Å². The number of hydrogen-bond donors (Lipinski definition) is 2. The normalized spacial score (nSPS) is 11.7. The van der Waals surface area contributed by atoms with E-state index in [1.54, 1.807) is 12.1 Å². The van der Waals surface area contributed by atoms with Crippen LogP contribution in [0.15, 0.2) is 12.1 Å². The molecule has 0 radical (unpaired) electrons. The van der Waals surface area contributed by atoms with Crippen LogP contribution in [-0.2, 0) is 4.79 Å². The second-order valence-corrected chi connectivity index (χ2v) is 3.96. The molecule has 8 heteroatoms. The first kappa shape index (κ1) is 12.2. The molecular weight excluding hydrogens is 236 g/mol. The van der Waals surface area contributed by atoms with E-state index in [1.165, 1.54) is 4.63 Å². The maximum absolute atomic E-state index is 11.4. The molecule has 2 N–H and O–H groups in total. The Hall–Kier alpha value is -2.25. The van der Waals surface area contributed by atoms with Gasteiger partial charge in [0.15, 0.2) is 5.65 Å². The van der Waals surface area contributed by atoms with E-state index in [-0.39, 0.29) is 0 Å². The fourth-order valence-corrected chi connectivity index (χ4v) is 1.74. The zero-order chi connectivity index (χ0) is 13.2. The smallest absolute Gasteiger partial charge is 0.329 e. The minimum atomic E-state index is -1.02. The number of carbonyl (C=O) groups is 1. The summed E-state index contributed by atoms with van der Waals surface area (Å²) in [4.78, 5) is 11.4. The molecule has 0 spiro atoms. The summed E-state index contributed by atoms with van der Waals surface area (Å²) >= 11 is 0. The summed E-state index contributed by atoms with van der Waals surface area (Å²) in [5.41, 5.74) is -0.510. The lowest BCUT2D eigenvalue weighted by Crippen LogP contribution is -2.45. The van der Waals surface area contributed by atoms with E-state index >= 15 is 0 Å².